The molecule has 1 aliphatic rings. The summed E-state index contributed by atoms with van der Waals surface area (Å²) < 4.78 is 0. The molecule has 0 radical (unpaired) electrons. The minimum absolute atomic E-state index is 0.0133. The van der Waals surface area contributed by atoms with Gasteiger partial charge in [0, 0.05) is 44.6 Å². The summed E-state index contributed by atoms with van der Waals surface area (Å²) in [7, 11) is 1.83. The zero-order valence-electron chi connectivity index (χ0n) is 17.0. The van der Waals surface area contributed by atoms with Gasteiger partial charge < -0.3 is 9.80 Å². The Morgan fingerprint density at radius 2 is 1.72 bits per heavy atom. The first kappa shape index (κ1) is 19.0. The van der Waals surface area contributed by atoms with Gasteiger partial charge in [0.05, 0.1) is 5.69 Å². The van der Waals surface area contributed by atoms with Crippen LogP contribution in [0.25, 0.3) is 0 Å². The number of rotatable bonds is 4. The third kappa shape index (κ3) is 3.94. The predicted octanol–water partition coefficient (Wildman–Crippen LogP) is 4.85. The van der Waals surface area contributed by atoms with Crippen LogP contribution in [-0.2, 0) is 13.0 Å². The molecular formula is C24H26N4O. The van der Waals surface area contributed by atoms with Crippen molar-refractivity contribution in [1.29, 1.82) is 0 Å². The number of carbonyl (C=O) groups is 1. The normalized spacial score (nSPS) is 13.0. The van der Waals surface area contributed by atoms with Gasteiger partial charge in [-0.15, -0.1) is 0 Å². The minimum atomic E-state index is 0.0133. The van der Waals surface area contributed by atoms with Crippen LogP contribution in [0.15, 0.2) is 72.9 Å². The molecule has 4 rings (SSSR count). The van der Waals surface area contributed by atoms with Crippen molar-refractivity contribution in [2.75, 3.05) is 29.9 Å². The van der Waals surface area contributed by atoms with Crippen LogP contribution in [0.5, 0.6) is 0 Å². The maximum atomic E-state index is 13.1. The summed E-state index contributed by atoms with van der Waals surface area (Å²) in [6.45, 7) is 4.29. The second-order valence-corrected chi connectivity index (χ2v) is 7.23. The molecule has 2 aromatic carbocycles. The molecule has 5 nitrogen and oxygen atoms in total. The number of pyridine rings is 1. The molecule has 5 heteroatoms. The highest BCUT2D eigenvalue weighted by atomic mass is 16.2. The summed E-state index contributed by atoms with van der Waals surface area (Å²) in [5.41, 5.74) is 4.50. The molecular weight excluding hydrogens is 360 g/mol. The van der Waals surface area contributed by atoms with Crippen molar-refractivity contribution in [2.45, 2.75) is 19.9 Å². The zero-order chi connectivity index (χ0) is 20.2. The van der Waals surface area contributed by atoms with E-state index in [1.54, 1.807) is 11.1 Å². The number of anilines is 3. The molecule has 0 saturated heterocycles. The van der Waals surface area contributed by atoms with Gasteiger partial charge in [-0.2, -0.15) is 0 Å². The lowest BCUT2D eigenvalue weighted by Gasteiger charge is -2.32. The first-order chi connectivity index (χ1) is 14.2. The summed E-state index contributed by atoms with van der Waals surface area (Å²) >= 11 is 0. The topological polar surface area (TPSA) is 39.7 Å². The number of hydrogen-bond donors (Lipinski definition) is 0. The number of fused-ring (bicyclic) bond motifs is 1. The van der Waals surface area contributed by atoms with Crippen molar-refractivity contribution in [3.8, 4) is 0 Å². The van der Waals surface area contributed by atoms with Crippen molar-refractivity contribution < 1.29 is 4.79 Å². The number of aromatic nitrogens is 1. The highest BCUT2D eigenvalue weighted by Gasteiger charge is 2.24. The Kier molecular flexibility index (Phi) is 5.47. The number of nitrogens with zero attached hydrogens (tertiary/aromatic N) is 4. The molecule has 0 N–H and O–H groups in total. The van der Waals surface area contributed by atoms with Crippen LogP contribution in [0.3, 0.4) is 0 Å². The van der Waals surface area contributed by atoms with Gasteiger partial charge in [0.15, 0.2) is 0 Å². The van der Waals surface area contributed by atoms with Crippen LogP contribution >= 0.6 is 0 Å². The molecule has 3 aromatic rings. The Labute approximate surface area is 172 Å². The standard InChI is InChI=1S/C24H26N4O/c1-3-28(21-11-5-4-6-12-21)23-17-22(13-15-25-23)26(2)24(29)27-16-14-19-9-7-8-10-20(19)18-27/h4-13,15,17H,3,14,16,18H2,1-2H3. The number of para-hydroxylation sites is 1. The summed E-state index contributed by atoms with van der Waals surface area (Å²) in [6, 6.07) is 22.4. The third-order valence-corrected chi connectivity index (χ3v) is 5.47. The van der Waals surface area contributed by atoms with Gasteiger partial charge in [-0.3, -0.25) is 4.90 Å². The van der Waals surface area contributed by atoms with E-state index in [2.05, 4.69) is 47.1 Å². The Hall–Kier alpha value is -3.34. The molecule has 0 saturated carbocycles. The van der Waals surface area contributed by atoms with E-state index in [-0.39, 0.29) is 6.03 Å². The molecule has 2 heterocycles. The second-order valence-electron chi connectivity index (χ2n) is 7.23. The Morgan fingerprint density at radius 1 is 1.00 bits per heavy atom. The number of benzene rings is 2. The molecule has 0 unspecified atom stereocenters. The van der Waals surface area contributed by atoms with E-state index in [0.29, 0.717) is 6.54 Å². The summed E-state index contributed by atoms with van der Waals surface area (Å²) in [5, 5.41) is 0. The van der Waals surface area contributed by atoms with Crippen LogP contribution in [0, 0.1) is 0 Å². The lowest BCUT2D eigenvalue weighted by atomic mass is 10.0. The van der Waals surface area contributed by atoms with Gasteiger partial charge in [-0.25, -0.2) is 9.78 Å². The van der Waals surface area contributed by atoms with E-state index in [1.165, 1.54) is 11.1 Å². The Morgan fingerprint density at radius 3 is 2.48 bits per heavy atom. The van der Waals surface area contributed by atoms with Crippen molar-refractivity contribution in [3.63, 3.8) is 0 Å². The lowest BCUT2D eigenvalue weighted by molar-refractivity contribution is 0.200. The van der Waals surface area contributed by atoms with Crippen LogP contribution < -0.4 is 9.80 Å². The molecule has 1 aliphatic heterocycles. The number of amides is 2. The van der Waals surface area contributed by atoms with Gasteiger partial charge >= 0.3 is 6.03 Å². The molecule has 0 spiro atoms. The smallest absolute Gasteiger partial charge is 0.324 e. The maximum Gasteiger partial charge on any atom is 0.324 e. The first-order valence-electron chi connectivity index (χ1n) is 10.1. The van der Waals surface area contributed by atoms with Gasteiger partial charge in [-0.05, 0) is 42.7 Å². The monoisotopic (exact) mass is 386 g/mol. The molecule has 0 atom stereocenters. The zero-order valence-corrected chi connectivity index (χ0v) is 17.0. The largest absolute Gasteiger partial charge is 0.327 e. The number of carbonyl (C=O) groups excluding carboxylic acids is 1. The predicted molar refractivity (Wildman–Crippen MR) is 118 cm³/mol. The van der Waals surface area contributed by atoms with Crippen LogP contribution in [0.4, 0.5) is 22.0 Å². The molecule has 148 valence electrons. The summed E-state index contributed by atoms with van der Waals surface area (Å²) in [4.78, 5) is 23.5. The minimum Gasteiger partial charge on any atom is -0.327 e. The van der Waals surface area contributed by atoms with Gasteiger partial charge in [0.1, 0.15) is 5.82 Å². The quantitative estimate of drug-likeness (QED) is 0.643. The van der Waals surface area contributed by atoms with Crippen LogP contribution in [0.2, 0.25) is 0 Å². The van der Waals surface area contributed by atoms with Crippen LogP contribution in [0.1, 0.15) is 18.1 Å². The molecule has 2 amide bonds. The fourth-order valence-corrected chi connectivity index (χ4v) is 3.83. The van der Waals surface area contributed by atoms with Crippen molar-refractivity contribution in [2.24, 2.45) is 0 Å². The van der Waals surface area contributed by atoms with Crippen molar-refractivity contribution in [3.05, 3.63) is 84.1 Å². The molecule has 0 bridgehead atoms. The molecule has 29 heavy (non-hydrogen) atoms. The highest BCUT2D eigenvalue weighted by molar-refractivity contribution is 5.92. The average molecular weight is 386 g/mol. The van der Waals surface area contributed by atoms with E-state index < -0.39 is 0 Å². The fourth-order valence-electron chi connectivity index (χ4n) is 3.83. The van der Waals surface area contributed by atoms with Gasteiger partial charge in [0.25, 0.3) is 0 Å². The summed E-state index contributed by atoms with van der Waals surface area (Å²) in [5.74, 6) is 0.833. The van der Waals surface area contributed by atoms with Gasteiger partial charge in [-0.1, -0.05) is 42.5 Å². The molecule has 0 fully saturated rings. The van der Waals surface area contributed by atoms with Gasteiger partial charge in [0.2, 0.25) is 0 Å². The second kappa shape index (κ2) is 8.35. The van der Waals surface area contributed by atoms with Crippen molar-refractivity contribution in [1.82, 2.24) is 9.88 Å². The van der Waals surface area contributed by atoms with E-state index in [4.69, 9.17) is 0 Å². The highest BCUT2D eigenvalue weighted by Crippen LogP contribution is 2.27. The molecule has 1 aromatic heterocycles. The lowest BCUT2D eigenvalue weighted by Crippen LogP contribution is -2.43. The van der Waals surface area contributed by atoms with Crippen molar-refractivity contribution >= 4 is 23.2 Å². The van der Waals surface area contributed by atoms with Crippen LogP contribution in [-0.4, -0.2) is 36.1 Å². The molecule has 0 aliphatic carbocycles. The Bertz CT molecular complexity index is 989. The third-order valence-electron chi connectivity index (χ3n) is 5.47. The fraction of sp³-hybridized carbons (Fsp3) is 0.250. The summed E-state index contributed by atoms with van der Waals surface area (Å²) in [6.07, 6.45) is 2.67. The maximum absolute atomic E-state index is 13.1. The number of hydrogen-bond acceptors (Lipinski definition) is 3. The SMILES string of the molecule is CCN(c1ccccc1)c1cc(N(C)C(=O)N2CCc3ccccc3C2)ccn1. The first-order valence-corrected chi connectivity index (χ1v) is 10.1. The Balaban J connectivity index is 1.54. The number of urea groups is 1. The van der Waals surface area contributed by atoms with E-state index in [9.17, 15) is 4.79 Å². The average Bonchev–Trinajstić information content (AvgIpc) is 2.79. The van der Waals surface area contributed by atoms with E-state index in [0.717, 1.165) is 36.7 Å². The van der Waals surface area contributed by atoms with E-state index in [1.807, 2.05) is 48.3 Å². The van der Waals surface area contributed by atoms with E-state index >= 15 is 0 Å².